The van der Waals surface area contributed by atoms with Gasteiger partial charge in [0.15, 0.2) is 0 Å². The molecule has 1 aromatic carbocycles. The number of carboxylic acid groups (broad SMARTS) is 1. The lowest BCUT2D eigenvalue weighted by Crippen LogP contribution is -2.62. The summed E-state index contributed by atoms with van der Waals surface area (Å²) in [5.74, 6) is -1.47. The maximum Gasteiger partial charge on any atom is 0.319 e. The number of nitrogens with zero attached hydrogens (tertiary/aromatic N) is 3. The van der Waals surface area contributed by atoms with Gasteiger partial charge in [-0.25, -0.2) is 4.39 Å². The Bertz CT molecular complexity index is 868. The summed E-state index contributed by atoms with van der Waals surface area (Å²) in [5.41, 5.74) is -1.57. The molecule has 1 aliphatic carbocycles. The summed E-state index contributed by atoms with van der Waals surface area (Å²) in [6.07, 6.45) is 0.763. The number of rotatable bonds is 4. The van der Waals surface area contributed by atoms with Crippen molar-refractivity contribution in [2.24, 2.45) is 5.41 Å². The first-order valence-corrected chi connectivity index (χ1v) is 7.97. The first kappa shape index (κ1) is 15.7. The van der Waals surface area contributed by atoms with E-state index in [0.717, 1.165) is 0 Å². The minimum atomic E-state index is -1.24. The van der Waals surface area contributed by atoms with Crippen LogP contribution in [0.25, 0.3) is 11.5 Å². The normalized spacial score (nSPS) is 20.0. The Morgan fingerprint density at radius 3 is 2.52 bits per heavy atom. The number of hydrogen-bond acceptors (Lipinski definition) is 5. The second-order valence-corrected chi connectivity index (χ2v) is 7.00. The lowest BCUT2D eigenvalue weighted by molar-refractivity contribution is -0.157. The van der Waals surface area contributed by atoms with Crippen molar-refractivity contribution in [3.05, 3.63) is 36.0 Å². The third kappa shape index (κ3) is 2.32. The fourth-order valence-corrected chi connectivity index (χ4v) is 3.23. The van der Waals surface area contributed by atoms with Gasteiger partial charge in [-0.15, -0.1) is 10.2 Å². The van der Waals surface area contributed by atoms with E-state index in [1.807, 2.05) is 6.92 Å². The predicted octanol–water partition coefficient (Wildman–Crippen LogP) is 1.84. The van der Waals surface area contributed by atoms with Crippen molar-refractivity contribution in [2.75, 3.05) is 13.1 Å². The van der Waals surface area contributed by atoms with Crippen LogP contribution >= 0.6 is 0 Å². The van der Waals surface area contributed by atoms with E-state index in [9.17, 15) is 19.1 Å². The number of aromatic nitrogens is 2. The maximum atomic E-state index is 13.8. The number of hydrogen-bond donors (Lipinski definition) is 1. The zero-order valence-electron chi connectivity index (χ0n) is 13.5. The van der Waals surface area contributed by atoms with Crippen molar-refractivity contribution < 1.29 is 23.5 Å². The van der Waals surface area contributed by atoms with Crippen molar-refractivity contribution in [3.8, 4) is 11.5 Å². The molecule has 1 saturated carbocycles. The van der Waals surface area contributed by atoms with Gasteiger partial charge in [-0.3, -0.25) is 9.59 Å². The Hall–Kier alpha value is -2.77. The minimum absolute atomic E-state index is 0.0864. The highest BCUT2D eigenvalue weighted by Gasteiger charge is 2.61. The topological polar surface area (TPSA) is 96.5 Å². The number of likely N-dealkylation sites (tertiary alicyclic amines) is 1. The van der Waals surface area contributed by atoms with E-state index < -0.39 is 22.6 Å². The van der Waals surface area contributed by atoms with E-state index in [-0.39, 0.29) is 17.4 Å². The first-order valence-electron chi connectivity index (χ1n) is 7.97. The van der Waals surface area contributed by atoms with E-state index >= 15 is 0 Å². The van der Waals surface area contributed by atoms with Crippen molar-refractivity contribution >= 4 is 11.9 Å². The molecule has 1 amide bonds. The average molecular weight is 345 g/mol. The molecule has 0 spiro atoms. The lowest BCUT2D eigenvalue weighted by Gasteiger charge is -2.46. The van der Waals surface area contributed by atoms with Crippen LogP contribution in [0.4, 0.5) is 4.39 Å². The number of carbonyl (C=O) groups excluding carboxylic acids is 1. The lowest BCUT2D eigenvalue weighted by atomic mass is 9.80. The van der Waals surface area contributed by atoms with Crippen LogP contribution in [0.1, 0.15) is 25.7 Å². The highest BCUT2D eigenvalue weighted by atomic mass is 19.1. The number of carboxylic acids is 1. The fraction of sp³-hybridized carbons (Fsp3) is 0.412. The van der Waals surface area contributed by atoms with E-state index in [4.69, 9.17) is 4.42 Å². The van der Waals surface area contributed by atoms with Crippen LogP contribution in [0.15, 0.2) is 28.7 Å². The summed E-state index contributed by atoms with van der Waals surface area (Å²) in [6, 6.07) is 6.11. The van der Waals surface area contributed by atoms with Gasteiger partial charge >= 0.3 is 5.97 Å². The number of aliphatic carboxylic acids is 1. The molecule has 2 aromatic rings. The van der Waals surface area contributed by atoms with Gasteiger partial charge < -0.3 is 14.4 Å². The van der Waals surface area contributed by atoms with Gasteiger partial charge in [-0.05, 0) is 31.9 Å². The Labute approximate surface area is 142 Å². The number of benzene rings is 1. The Kier molecular flexibility index (Phi) is 3.22. The van der Waals surface area contributed by atoms with Crippen molar-refractivity contribution in [3.63, 3.8) is 0 Å². The molecule has 2 aliphatic rings. The largest absolute Gasteiger partial charge is 0.480 e. The molecular formula is C17H16FN3O4. The van der Waals surface area contributed by atoms with E-state index in [1.165, 1.54) is 11.0 Å². The number of amides is 1. The molecule has 1 N–H and O–H groups in total. The Balaban J connectivity index is 1.50. The van der Waals surface area contributed by atoms with Crippen molar-refractivity contribution in [1.82, 2.24) is 15.1 Å². The highest BCUT2D eigenvalue weighted by Crippen LogP contribution is 2.49. The molecule has 8 heteroatoms. The number of halogens is 1. The molecule has 1 aliphatic heterocycles. The molecule has 0 bridgehead atoms. The molecule has 1 aromatic heterocycles. The molecular weight excluding hydrogens is 329 g/mol. The molecule has 0 unspecified atom stereocenters. The summed E-state index contributed by atoms with van der Waals surface area (Å²) < 4.78 is 19.4. The quantitative estimate of drug-likeness (QED) is 0.850. The SMILES string of the molecule is CC1(c2nnc(-c3ccccc3F)o2)CN(C(=O)C2(C(=O)O)CC2)C1. The van der Waals surface area contributed by atoms with E-state index in [0.29, 0.717) is 31.8 Å². The van der Waals surface area contributed by atoms with E-state index in [1.54, 1.807) is 18.2 Å². The number of carbonyl (C=O) groups is 2. The predicted molar refractivity (Wildman–Crippen MR) is 82.9 cm³/mol. The molecule has 1 saturated heterocycles. The second kappa shape index (κ2) is 5.11. The summed E-state index contributed by atoms with van der Waals surface area (Å²) in [5, 5.41) is 17.1. The minimum Gasteiger partial charge on any atom is -0.480 e. The standard InChI is InChI=1S/C17H16FN3O4/c1-16(8-21(9-16)14(22)17(6-7-17)15(23)24)13-20-19-12(25-13)10-4-2-3-5-11(10)18/h2-5H,6-9H2,1H3,(H,23,24). The van der Waals surface area contributed by atoms with Crippen molar-refractivity contribution in [2.45, 2.75) is 25.2 Å². The van der Waals surface area contributed by atoms with Crippen LogP contribution in [-0.2, 0) is 15.0 Å². The Morgan fingerprint density at radius 2 is 1.92 bits per heavy atom. The maximum absolute atomic E-state index is 13.8. The van der Waals surface area contributed by atoms with Crippen LogP contribution in [0.5, 0.6) is 0 Å². The van der Waals surface area contributed by atoms with Gasteiger partial charge in [0.05, 0.1) is 11.0 Å². The van der Waals surface area contributed by atoms with Crippen LogP contribution in [0.2, 0.25) is 0 Å². The van der Waals surface area contributed by atoms with Crippen LogP contribution in [-0.4, -0.2) is 45.2 Å². The monoisotopic (exact) mass is 345 g/mol. The summed E-state index contributed by atoms with van der Waals surface area (Å²) >= 11 is 0. The zero-order valence-corrected chi connectivity index (χ0v) is 13.5. The van der Waals surface area contributed by atoms with Crippen molar-refractivity contribution in [1.29, 1.82) is 0 Å². The molecule has 0 radical (unpaired) electrons. The summed E-state index contributed by atoms with van der Waals surface area (Å²) in [7, 11) is 0. The van der Waals surface area contributed by atoms with Gasteiger partial charge in [-0.1, -0.05) is 12.1 Å². The van der Waals surface area contributed by atoms with Gasteiger partial charge in [0, 0.05) is 13.1 Å². The van der Waals surface area contributed by atoms with E-state index in [2.05, 4.69) is 10.2 Å². The Morgan fingerprint density at radius 1 is 1.24 bits per heavy atom. The average Bonchev–Trinajstić information content (AvgIpc) is 3.23. The first-order chi connectivity index (χ1) is 11.9. The van der Waals surface area contributed by atoms with Gasteiger partial charge in [0.2, 0.25) is 11.8 Å². The summed E-state index contributed by atoms with van der Waals surface area (Å²) in [6.45, 7) is 2.47. The molecule has 25 heavy (non-hydrogen) atoms. The molecule has 2 heterocycles. The smallest absolute Gasteiger partial charge is 0.319 e. The van der Waals surface area contributed by atoms with Gasteiger partial charge in [0.25, 0.3) is 5.89 Å². The molecule has 130 valence electrons. The van der Waals surface area contributed by atoms with Crippen LogP contribution < -0.4 is 0 Å². The third-order valence-corrected chi connectivity index (χ3v) is 4.98. The van der Waals surface area contributed by atoms with Gasteiger partial charge in [0.1, 0.15) is 11.2 Å². The fourth-order valence-electron chi connectivity index (χ4n) is 3.23. The van der Waals surface area contributed by atoms with Gasteiger partial charge in [-0.2, -0.15) is 0 Å². The molecule has 0 atom stereocenters. The highest BCUT2D eigenvalue weighted by molar-refractivity contribution is 6.05. The van der Waals surface area contributed by atoms with Crippen LogP contribution in [0.3, 0.4) is 0 Å². The summed E-state index contributed by atoms with van der Waals surface area (Å²) in [4.78, 5) is 25.1. The van der Waals surface area contributed by atoms with Crippen LogP contribution in [0, 0.1) is 11.2 Å². The zero-order chi connectivity index (χ0) is 17.8. The third-order valence-electron chi connectivity index (χ3n) is 4.98. The molecule has 4 rings (SSSR count). The second-order valence-electron chi connectivity index (χ2n) is 7.00. The molecule has 2 fully saturated rings. The molecule has 7 nitrogen and oxygen atoms in total.